The fraction of sp³-hybridized carbons (Fsp3) is 1.00. The molecule has 1 saturated heterocycles. The molecule has 0 spiro atoms. The van der Waals surface area contributed by atoms with E-state index in [4.69, 9.17) is 17.3 Å². The molecular weight excluding hydrogens is 148 g/mol. The molecule has 60 valence electrons. The highest BCUT2D eigenvalue weighted by molar-refractivity contribution is 6.21. The molecule has 2 nitrogen and oxygen atoms in total. The van der Waals surface area contributed by atoms with Gasteiger partial charge in [0, 0.05) is 0 Å². The molecule has 10 heavy (non-hydrogen) atoms. The fourth-order valence-electron chi connectivity index (χ4n) is 1.41. The summed E-state index contributed by atoms with van der Waals surface area (Å²) in [7, 11) is 0. The quantitative estimate of drug-likeness (QED) is 0.583. The lowest BCUT2D eigenvalue weighted by Crippen LogP contribution is -2.51. The third-order valence-electron chi connectivity index (χ3n) is 2.12. The summed E-state index contributed by atoms with van der Waals surface area (Å²) in [6.07, 6.45) is 2.34. The molecule has 2 unspecified atom stereocenters. The minimum Gasteiger partial charge on any atom is -0.314 e. The molecule has 0 saturated carbocycles. The van der Waals surface area contributed by atoms with Crippen LogP contribution in [0.15, 0.2) is 0 Å². The van der Waals surface area contributed by atoms with Gasteiger partial charge < -0.3 is 5.73 Å². The van der Waals surface area contributed by atoms with Crippen LogP contribution in [0.1, 0.15) is 19.8 Å². The van der Waals surface area contributed by atoms with Crippen LogP contribution in [0, 0.1) is 0 Å². The Morgan fingerprint density at radius 2 is 2.40 bits per heavy atom. The van der Waals surface area contributed by atoms with E-state index in [1.165, 1.54) is 6.42 Å². The van der Waals surface area contributed by atoms with Gasteiger partial charge in [-0.25, -0.2) is 0 Å². The minimum absolute atomic E-state index is 0.0837. The van der Waals surface area contributed by atoms with Crippen LogP contribution in [0.5, 0.6) is 0 Å². The van der Waals surface area contributed by atoms with Crippen LogP contribution in [0.3, 0.4) is 0 Å². The zero-order valence-electron chi connectivity index (χ0n) is 6.39. The monoisotopic (exact) mass is 162 g/mol. The molecule has 0 bridgehead atoms. The first-order valence-corrected chi connectivity index (χ1v) is 4.33. The van der Waals surface area contributed by atoms with Gasteiger partial charge in [0.25, 0.3) is 0 Å². The van der Waals surface area contributed by atoms with Crippen molar-refractivity contribution in [2.75, 3.05) is 13.1 Å². The summed E-state index contributed by atoms with van der Waals surface area (Å²) in [5.74, 6) is 0. The van der Waals surface area contributed by atoms with E-state index in [1.54, 1.807) is 0 Å². The van der Waals surface area contributed by atoms with Crippen molar-refractivity contribution in [3.63, 3.8) is 0 Å². The van der Waals surface area contributed by atoms with Crippen molar-refractivity contribution in [2.45, 2.75) is 31.3 Å². The zero-order chi connectivity index (χ0) is 7.56. The van der Waals surface area contributed by atoms with E-state index in [0.717, 1.165) is 19.5 Å². The lowest BCUT2D eigenvalue weighted by molar-refractivity contribution is 0.164. The van der Waals surface area contributed by atoms with Gasteiger partial charge in [0.2, 0.25) is 0 Å². The lowest BCUT2D eigenvalue weighted by Gasteiger charge is -2.35. The van der Waals surface area contributed by atoms with Gasteiger partial charge in [-0.15, -0.1) is 11.6 Å². The second-order valence-electron chi connectivity index (χ2n) is 2.78. The summed E-state index contributed by atoms with van der Waals surface area (Å²) in [5.41, 5.74) is 5.83. The molecule has 2 N–H and O–H groups in total. The van der Waals surface area contributed by atoms with Crippen molar-refractivity contribution >= 4 is 11.6 Å². The molecule has 0 aromatic heterocycles. The van der Waals surface area contributed by atoms with Crippen molar-refractivity contribution in [1.29, 1.82) is 0 Å². The van der Waals surface area contributed by atoms with Crippen molar-refractivity contribution in [3.8, 4) is 0 Å². The van der Waals surface area contributed by atoms with Crippen LogP contribution in [0.2, 0.25) is 0 Å². The highest BCUT2D eigenvalue weighted by Crippen LogP contribution is 2.18. The fourth-order valence-corrected chi connectivity index (χ4v) is 1.72. The Kier molecular flexibility index (Phi) is 2.96. The number of likely N-dealkylation sites (tertiary alicyclic amines) is 1. The average molecular weight is 163 g/mol. The van der Waals surface area contributed by atoms with Crippen LogP contribution in [0.25, 0.3) is 0 Å². The maximum Gasteiger partial charge on any atom is 0.0740 e. The van der Waals surface area contributed by atoms with Crippen molar-refractivity contribution in [3.05, 3.63) is 0 Å². The van der Waals surface area contributed by atoms with E-state index in [1.807, 2.05) is 0 Å². The number of alkyl halides is 1. The third-order valence-corrected chi connectivity index (χ3v) is 2.60. The van der Waals surface area contributed by atoms with Crippen molar-refractivity contribution in [1.82, 2.24) is 4.90 Å². The first-order valence-electron chi connectivity index (χ1n) is 3.89. The number of hydrogen-bond acceptors (Lipinski definition) is 2. The molecule has 0 aromatic carbocycles. The van der Waals surface area contributed by atoms with Crippen LogP contribution in [-0.2, 0) is 0 Å². The Hall–Kier alpha value is 0.210. The highest BCUT2D eigenvalue weighted by atomic mass is 35.5. The summed E-state index contributed by atoms with van der Waals surface area (Å²) in [6.45, 7) is 4.25. The Labute approximate surface area is 67.3 Å². The summed E-state index contributed by atoms with van der Waals surface area (Å²) in [5, 5.41) is 0.161. The van der Waals surface area contributed by atoms with Gasteiger partial charge in [0.15, 0.2) is 0 Å². The number of halogens is 1. The van der Waals surface area contributed by atoms with Gasteiger partial charge in [0.05, 0.1) is 11.5 Å². The summed E-state index contributed by atoms with van der Waals surface area (Å²) >= 11 is 5.97. The normalized spacial score (nSPS) is 36.3. The SMILES string of the molecule is CCN1CCCC(Cl)C1N. The van der Waals surface area contributed by atoms with Gasteiger partial charge in [-0.3, -0.25) is 4.90 Å². The van der Waals surface area contributed by atoms with E-state index in [2.05, 4.69) is 11.8 Å². The van der Waals surface area contributed by atoms with E-state index >= 15 is 0 Å². The number of nitrogens with zero attached hydrogens (tertiary/aromatic N) is 1. The van der Waals surface area contributed by atoms with Gasteiger partial charge in [0.1, 0.15) is 0 Å². The first-order chi connectivity index (χ1) is 4.75. The molecule has 0 aromatic rings. The van der Waals surface area contributed by atoms with Crippen LogP contribution >= 0.6 is 11.6 Å². The summed E-state index contributed by atoms with van der Waals surface area (Å²) < 4.78 is 0. The van der Waals surface area contributed by atoms with Crippen LogP contribution in [-0.4, -0.2) is 29.5 Å². The number of piperidine rings is 1. The molecule has 2 atom stereocenters. The predicted octanol–water partition coefficient (Wildman–Crippen LogP) is 0.994. The Morgan fingerprint density at radius 3 is 2.90 bits per heavy atom. The van der Waals surface area contributed by atoms with E-state index < -0.39 is 0 Å². The molecule has 1 aliphatic heterocycles. The average Bonchev–Trinajstić information content (AvgIpc) is 1.95. The van der Waals surface area contributed by atoms with E-state index in [9.17, 15) is 0 Å². The van der Waals surface area contributed by atoms with Gasteiger partial charge in [-0.1, -0.05) is 6.92 Å². The van der Waals surface area contributed by atoms with Gasteiger partial charge in [-0.2, -0.15) is 0 Å². The highest BCUT2D eigenvalue weighted by Gasteiger charge is 2.24. The van der Waals surface area contributed by atoms with Gasteiger partial charge in [-0.05, 0) is 25.9 Å². The lowest BCUT2D eigenvalue weighted by atomic mass is 10.1. The Bertz CT molecular complexity index is 108. The second-order valence-corrected chi connectivity index (χ2v) is 3.34. The first kappa shape index (κ1) is 8.31. The minimum atomic E-state index is 0.0837. The molecule has 0 amide bonds. The molecular formula is C7H15ClN2. The van der Waals surface area contributed by atoms with E-state index in [0.29, 0.717) is 0 Å². The molecule has 0 aliphatic carbocycles. The van der Waals surface area contributed by atoms with Crippen LogP contribution < -0.4 is 5.73 Å². The van der Waals surface area contributed by atoms with E-state index in [-0.39, 0.29) is 11.5 Å². The largest absolute Gasteiger partial charge is 0.314 e. The Morgan fingerprint density at radius 1 is 1.70 bits per heavy atom. The smallest absolute Gasteiger partial charge is 0.0740 e. The maximum atomic E-state index is 5.97. The van der Waals surface area contributed by atoms with Gasteiger partial charge >= 0.3 is 0 Å². The summed E-state index contributed by atoms with van der Waals surface area (Å²) in [4.78, 5) is 2.22. The van der Waals surface area contributed by atoms with Crippen molar-refractivity contribution < 1.29 is 0 Å². The predicted molar refractivity (Wildman–Crippen MR) is 44.1 cm³/mol. The number of hydrogen-bond donors (Lipinski definition) is 1. The molecule has 1 fully saturated rings. The second kappa shape index (κ2) is 3.56. The maximum absolute atomic E-state index is 5.97. The standard InChI is InChI=1S/C7H15ClN2/c1-2-10-5-3-4-6(8)7(10)9/h6-7H,2-5,9H2,1H3. The number of rotatable bonds is 1. The molecule has 1 heterocycles. The topological polar surface area (TPSA) is 29.3 Å². The number of nitrogens with two attached hydrogens (primary N) is 1. The molecule has 3 heteroatoms. The van der Waals surface area contributed by atoms with Crippen LogP contribution in [0.4, 0.5) is 0 Å². The Balaban J connectivity index is 2.42. The molecule has 1 rings (SSSR count). The molecule has 1 aliphatic rings. The molecule has 0 radical (unpaired) electrons. The zero-order valence-corrected chi connectivity index (χ0v) is 7.14. The van der Waals surface area contributed by atoms with Crippen molar-refractivity contribution in [2.24, 2.45) is 5.73 Å². The summed E-state index contributed by atoms with van der Waals surface area (Å²) in [6, 6.07) is 0. The third kappa shape index (κ3) is 1.62.